The maximum atomic E-state index is 13.6. The Morgan fingerprint density at radius 2 is 1.90 bits per heavy atom. The number of halogens is 4. The number of fused-ring (bicyclic) bond motifs is 2. The first-order chi connectivity index (χ1) is 18.4. The van der Waals surface area contributed by atoms with Crippen molar-refractivity contribution in [1.29, 1.82) is 0 Å². The Hall–Kier alpha value is -4.29. The lowest BCUT2D eigenvalue weighted by molar-refractivity contribution is -0.187. The summed E-state index contributed by atoms with van der Waals surface area (Å²) in [6.07, 6.45) is -3.97. The smallest absolute Gasteiger partial charge is 0.418 e. The Kier molecular flexibility index (Phi) is 6.39. The van der Waals surface area contributed by atoms with Crippen molar-refractivity contribution in [2.75, 3.05) is 6.54 Å². The van der Waals surface area contributed by atoms with Gasteiger partial charge in [0, 0.05) is 31.1 Å². The van der Waals surface area contributed by atoms with Gasteiger partial charge in [-0.05, 0) is 42.7 Å². The molecule has 3 amide bonds. The van der Waals surface area contributed by atoms with Crippen LogP contribution in [0.1, 0.15) is 30.0 Å². The number of hydrogen-bond donors (Lipinski definition) is 0. The van der Waals surface area contributed by atoms with E-state index in [0.29, 0.717) is 27.6 Å². The van der Waals surface area contributed by atoms with E-state index in [2.05, 4.69) is 10.1 Å². The van der Waals surface area contributed by atoms with Gasteiger partial charge in [0.15, 0.2) is 5.82 Å². The minimum Gasteiger partial charge on any atom is -0.427 e. The third-order valence-corrected chi connectivity index (χ3v) is 7.15. The summed E-state index contributed by atoms with van der Waals surface area (Å²) in [5.41, 5.74) is 0.521. The molecule has 2 aliphatic rings. The van der Waals surface area contributed by atoms with Gasteiger partial charge < -0.3 is 9.64 Å². The van der Waals surface area contributed by atoms with Gasteiger partial charge in [0.05, 0.1) is 0 Å². The van der Waals surface area contributed by atoms with Gasteiger partial charge in [-0.25, -0.2) is 23.8 Å². The minimum atomic E-state index is -4.78. The lowest BCUT2D eigenvalue weighted by atomic mass is 9.94. The highest BCUT2D eigenvalue weighted by atomic mass is 19.4. The number of carbonyl (C=O) groups is 3. The van der Waals surface area contributed by atoms with E-state index in [1.807, 2.05) is 6.07 Å². The molecule has 13 heteroatoms. The van der Waals surface area contributed by atoms with Crippen LogP contribution in [0.3, 0.4) is 0 Å². The Labute approximate surface area is 220 Å². The van der Waals surface area contributed by atoms with Crippen LogP contribution in [-0.2, 0) is 39.9 Å². The van der Waals surface area contributed by atoms with E-state index in [1.54, 1.807) is 23.9 Å². The second-order valence-electron chi connectivity index (χ2n) is 9.53. The van der Waals surface area contributed by atoms with Crippen molar-refractivity contribution in [1.82, 2.24) is 24.6 Å². The number of aryl methyl sites for hydroxylation is 2. The number of hydrogen-bond acceptors (Lipinski definition) is 6. The van der Waals surface area contributed by atoms with Gasteiger partial charge in [-0.15, -0.1) is 0 Å². The summed E-state index contributed by atoms with van der Waals surface area (Å²) in [7, 11) is 1.73. The fourth-order valence-corrected chi connectivity index (χ4v) is 4.98. The average Bonchev–Trinajstić information content (AvgIpc) is 3.55. The van der Waals surface area contributed by atoms with E-state index >= 15 is 0 Å². The molecule has 0 bridgehead atoms. The van der Waals surface area contributed by atoms with Crippen molar-refractivity contribution < 1.29 is 36.7 Å². The highest BCUT2D eigenvalue weighted by Crippen LogP contribution is 2.46. The van der Waals surface area contributed by atoms with Crippen LogP contribution >= 0.6 is 0 Å². The molecule has 1 spiro atoms. The van der Waals surface area contributed by atoms with Crippen LogP contribution in [0, 0.1) is 5.82 Å². The van der Waals surface area contributed by atoms with Crippen molar-refractivity contribution in [3.05, 3.63) is 71.3 Å². The van der Waals surface area contributed by atoms with E-state index in [1.165, 1.54) is 18.5 Å². The zero-order chi connectivity index (χ0) is 28.1. The van der Waals surface area contributed by atoms with Crippen LogP contribution in [-0.4, -0.2) is 61.2 Å². The summed E-state index contributed by atoms with van der Waals surface area (Å²) in [6, 6.07) is 7.59. The van der Waals surface area contributed by atoms with Crippen molar-refractivity contribution in [3.8, 4) is 11.4 Å². The van der Waals surface area contributed by atoms with Crippen LogP contribution in [0.15, 0.2) is 48.8 Å². The number of alkyl halides is 3. The number of amides is 3. The summed E-state index contributed by atoms with van der Waals surface area (Å²) < 4.78 is 61.3. The molecule has 2 aromatic carbocycles. The van der Waals surface area contributed by atoms with Crippen molar-refractivity contribution in [2.24, 2.45) is 7.05 Å². The van der Waals surface area contributed by atoms with Gasteiger partial charge in [0.2, 0.25) is 11.5 Å². The van der Waals surface area contributed by atoms with E-state index < -0.39 is 54.6 Å². The predicted molar refractivity (Wildman–Crippen MR) is 127 cm³/mol. The number of imide groups is 1. The first kappa shape index (κ1) is 26.3. The normalized spacial score (nSPS) is 19.4. The maximum Gasteiger partial charge on any atom is 0.418 e. The summed E-state index contributed by atoms with van der Waals surface area (Å²) in [4.78, 5) is 44.7. The Bertz CT molecular complexity index is 1460. The van der Waals surface area contributed by atoms with E-state index in [9.17, 15) is 31.9 Å². The van der Waals surface area contributed by atoms with Crippen LogP contribution < -0.4 is 0 Å². The largest absolute Gasteiger partial charge is 0.427 e. The predicted octanol–water partition coefficient (Wildman–Crippen LogP) is 3.72. The van der Waals surface area contributed by atoms with E-state index in [-0.39, 0.29) is 12.0 Å². The zero-order valence-corrected chi connectivity index (χ0v) is 20.9. The number of ether oxygens (including phenoxy) is 1. The van der Waals surface area contributed by atoms with Crippen molar-refractivity contribution in [2.45, 2.75) is 44.1 Å². The first-order valence-corrected chi connectivity index (χ1v) is 12.0. The summed E-state index contributed by atoms with van der Waals surface area (Å²) >= 11 is 0. The fourth-order valence-electron chi connectivity index (χ4n) is 4.98. The molecule has 1 unspecified atom stereocenters. The van der Waals surface area contributed by atoms with E-state index in [4.69, 9.17) is 4.74 Å². The monoisotopic (exact) mass is 545 g/mol. The molecule has 204 valence electrons. The van der Waals surface area contributed by atoms with Gasteiger partial charge in [-0.2, -0.15) is 18.3 Å². The number of aromatic nitrogens is 3. The SMILES string of the molecule is CC(N(Cc1ccc(F)cc1)C(=O)CN1C(=O)O[C@@]2(CCc3cc(-c4ncnn4C)ccc32)C1=O)C(F)(F)F. The van der Waals surface area contributed by atoms with Crippen molar-refractivity contribution in [3.63, 3.8) is 0 Å². The number of nitrogens with zero attached hydrogens (tertiary/aromatic N) is 5. The van der Waals surface area contributed by atoms with Gasteiger partial charge in [-0.3, -0.25) is 9.59 Å². The number of carbonyl (C=O) groups excluding carboxylic acids is 3. The van der Waals surface area contributed by atoms with Gasteiger partial charge >= 0.3 is 12.3 Å². The molecule has 5 rings (SSSR count). The van der Waals surface area contributed by atoms with Crippen LogP contribution in [0.25, 0.3) is 11.4 Å². The number of benzene rings is 2. The molecule has 2 atom stereocenters. The molecule has 1 aliphatic heterocycles. The molecule has 39 heavy (non-hydrogen) atoms. The Morgan fingerprint density at radius 3 is 2.54 bits per heavy atom. The summed E-state index contributed by atoms with van der Waals surface area (Å²) in [5.74, 6) is -1.91. The lowest BCUT2D eigenvalue weighted by Crippen LogP contribution is -2.51. The molecule has 0 radical (unpaired) electrons. The summed E-state index contributed by atoms with van der Waals surface area (Å²) in [5, 5.41) is 4.04. The first-order valence-electron chi connectivity index (χ1n) is 12.0. The second-order valence-corrected chi connectivity index (χ2v) is 9.53. The van der Waals surface area contributed by atoms with Crippen LogP contribution in [0.2, 0.25) is 0 Å². The standard InChI is InChI=1S/C26H23F4N5O4/c1-15(26(28,29)30)34(12-16-3-6-19(27)7-4-16)21(36)13-35-23(37)25(39-24(35)38)10-9-17-11-18(5-8-20(17)25)22-31-14-32-33(22)2/h3-8,11,14-15H,9-10,12-13H2,1-2H3/t15?,25-/m1/s1. The zero-order valence-electron chi connectivity index (χ0n) is 20.9. The van der Waals surface area contributed by atoms with E-state index in [0.717, 1.165) is 30.2 Å². The molecule has 1 aliphatic carbocycles. The van der Waals surface area contributed by atoms with Crippen molar-refractivity contribution >= 4 is 17.9 Å². The molecule has 1 saturated heterocycles. The van der Waals surface area contributed by atoms with Crippen LogP contribution in [0.5, 0.6) is 0 Å². The third kappa shape index (κ3) is 4.61. The molecule has 9 nitrogen and oxygen atoms in total. The van der Waals surface area contributed by atoms with Gasteiger partial charge in [-0.1, -0.05) is 24.3 Å². The molecule has 3 aromatic rings. The molecule has 0 saturated carbocycles. The van der Waals surface area contributed by atoms with Gasteiger partial charge in [0.25, 0.3) is 5.91 Å². The maximum absolute atomic E-state index is 13.6. The highest BCUT2D eigenvalue weighted by Gasteiger charge is 2.58. The fraction of sp³-hybridized carbons (Fsp3) is 0.346. The molecule has 0 N–H and O–H groups in total. The third-order valence-electron chi connectivity index (χ3n) is 7.15. The Morgan fingerprint density at radius 1 is 1.18 bits per heavy atom. The summed E-state index contributed by atoms with van der Waals surface area (Å²) in [6.45, 7) is -0.641. The topological polar surface area (TPSA) is 97.6 Å². The lowest BCUT2D eigenvalue weighted by Gasteiger charge is -2.31. The molecule has 2 heterocycles. The molecular formula is C26H23F4N5O4. The minimum absolute atomic E-state index is 0.123. The molecular weight excluding hydrogens is 522 g/mol. The van der Waals surface area contributed by atoms with Crippen LogP contribution in [0.4, 0.5) is 22.4 Å². The molecule has 1 aromatic heterocycles. The quantitative estimate of drug-likeness (QED) is 0.438. The molecule has 1 fully saturated rings. The number of rotatable bonds is 6. The highest BCUT2D eigenvalue weighted by molar-refractivity contribution is 6.06. The second kappa shape index (κ2) is 9.47. The van der Waals surface area contributed by atoms with Gasteiger partial charge in [0.1, 0.15) is 24.7 Å². The Balaban J connectivity index is 1.39. The average molecular weight is 545 g/mol.